The topological polar surface area (TPSA) is 85.4 Å². The van der Waals surface area contributed by atoms with Crippen LogP contribution in [0.2, 0.25) is 0 Å². The molecule has 0 aliphatic rings. The highest BCUT2D eigenvalue weighted by Gasteiger charge is 2.44. The highest BCUT2D eigenvalue weighted by Crippen LogP contribution is 2.17. The highest BCUT2D eigenvalue weighted by atomic mass is 16.7. The summed E-state index contributed by atoms with van der Waals surface area (Å²) in [6.07, 6.45) is 0. The molecule has 0 aromatic heterocycles. The van der Waals surface area contributed by atoms with Crippen LogP contribution in [0, 0.1) is 21.4 Å². The second-order valence-corrected chi connectivity index (χ2v) is 2.24. The maximum atomic E-state index is 10.3. The molecule has 0 aromatic carbocycles. The number of nitro groups is 1. The first kappa shape index (κ1) is 10.8. The number of ether oxygens (including phenoxy) is 2. The van der Waals surface area contributed by atoms with Crippen molar-refractivity contribution in [2.75, 3.05) is 14.2 Å². The van der Waals surface area contributed by atoms with Crippen LogP contribution in [-0.2, 0) is 9.47 Å². The monoisotopic (exact) mass is 174 g/mol. The minimum Gasteiger partial charge on any atom is -0.347 e. The predicted octanol–water partition coefficient (Wildman–Crippen LogP) is 0.164. The average molecular weight is 174 g/mol. The van der Waals surface area contributed by atoms with Gasteiger partial charge >= 0.3 is 6.04 Å². The van der Waals surface area contributed by atoms with E-state index in [0.717, 1.165) is 0 Å². The molecule has 68 valence electrons. The second-order valence-electron chi connectivity index (χ2n) is 2.24. The first-order valence-corrected chi connectivity index (χ1v) is 3.15. The molecular formula is C6H10N2O4. The number of nitriles is 1. The molecule has 6 nitrogen and oxygen atoms in total. The molecule has 1 unspecified atom stereocenters. The number of hydrogen-bond donors (Lipinski definition) is 0. The quantitative estimate of drug-likeness (QED) is 0.344. The molecule has 0 aromatic rings. The van der Waals surface area contributed by atoms with Gasteiger partial charge in [0.2, 0.25) is 5.79 Å². The van der Waals surface area contributed by atoms with Crippen molar-refractivity contribution < 1.29 is 14.4 Å². The second kappa shape index (κ2) is 3.99. The summed E-state index contributed by atoms with van der Waals surface area (Å²) in [5, 5.41) is 18.8. The van der Waals surface area contributed by atoms with Crippen molar-refractivity contribution in [3.8, 4) is 6.07 Å². The van der Waals surface area contributed by atoms with Crippen LogP contribution < -0.4 is 0 Å². The Labute approximate surface area is 69.8 Å². The Morgan fingerprint density at radius 1 is 1.58 bits per heavy atom. The van der Waals surface area contributed by atoms with Gasteiger partial charge in [-0.15, -0.1) is 0 Å². The van der Waals surface area contributed by atoms with Gasteiger partial charge in [0.25, 0.3) is 0 Å². The lowest BCUT2D eigenvalue weighted by Crippen LogP contribution is -2.46. The Morgan fingerprint density at radius 3 is 2.08 bits per heavy atom. The van der Waals surface area contributed by atoms with Gasteiger partial charge in [-0.3, -0.25) is 10.1 Å². The van der Waals surface area contributed by atoms with Crippen molar-refractivity contribution in [3.63, 3.8) is 0 Å². The molecular weight excluding hydrogens is 164 g/mol. The maximum Gasteiger partial charge on any atom is 0.348 e. The van der Waals surface area contributed by atoms with E-state index in [9.17, 15) is 10.1 Å². The Hall–Kier alpha value is -1.19. The minimum absolute atomic E-state index is 0.743. The summed E-state index contributed by atoms with van der Waals surface area (Å²) >= 11 is 0. The van der Waals surface area contributed by atoms with E-state index in [1.54, 1.807) is 0 Å². The summed E-state index contributed by atoms with van der Waals surface area (Å²) in [5.41, 5.74) is 0. The summed E-state index contributed by atoms with van der Waals surface area (Å²) in [6, 6.07) is -0.0260. The van der Waals surface area contributed by atoms with Crippen LogP contribution in [0.15, 0.2) is 0 Å². The minimum atomic E-state index is -1.52. The summed E-state index contributed by atoms with van der Waals surface area (Å²) in [4.78, 5) is 9.57. The number of rotatable bonds is 4. The van der Waals surface area contributed by atoms with Gasteiger partial charge in [0.15, 0.2) is 0 Å². The zero-order chi connectivity index (χ0) is 9.78. The van der Waals surface area contributed by atoms with E-state index in [2.05, 4.69) is 0 Å². The van der Waals surface area contributed by atoms with Crippen LogP contribution in [0.25, 0.3) is 0 Å². The molecule has 0 saturated heterocycles. The fraction of sp³-hybridized carbons (Fsp3) is 0.833. The van der Waals surface area contributed by atoms with E-state index in [-0.39, 0.29) is 0 Å². The Morgan fingerprint density at radius 2 is 2.00 bits per heavy atom. The Balaban J connectivity index is 4.70. The van der Waals surface area contributed by atoms with Gasteiger partial charge in [-0.2, -0.15) is 5.26 Å². The fourth-order valence-corrected chi connectivity index (χ4v) is 0.662. The maximum absolute atomic E-state index is 10.3. The third-order valence-electron chi connectivity index (χ3n) is 1.64. The molecule has 0 spiro atoms. The lowest BCUT2D eigenvalue weighted by Gasteiger charge is -2.24. The molecule has 0 N–H and O–H groups in total. The van der Waals surface area contributed by atoms with E-state index in [1.807, 2.05) is 0 Å². The standard InChI is InChI=1S/C6H10N2O4/c1-6(11-2,12-3)5(4-7)8(9)10/h5H,1-3H3. The van der Waals surface area contributed by atoms with Gasteiger partial charge in [-0.25, -0.2) is 0 Å². The van der Waals surface area contributed by atoms with E-state index < -0.39 is 16.8 Å². The Bertz CT molecular complexity index is 206. The third-order valence-corrected chi connectivity index (χ3v) is 1.64. The van der Waals surface area contributed by atoms with Gasteiger partial charge < -0.3 is 9.47 Å². The first-order chi connectivity index (χ1) is 5.51. The summed E-state index contributed by atoms with van der Waals surface area (Å²) in [6.45, 7) is 1.34. The molecule has 0 saturated carbocycles. The van der Waals surface area contributed by atoms with Gasteiger partial charge in [0.05, 0.1) is 0 Å². The smallest absolute Gasteiger partial charge is 0.347 e. The largest absolute Gasteiger partial charge is 0.348 e. The van der Waals surface area contributed by atoms with Crippen LogP contribution in [0.3, 0.4) is 0 Å². The van der Waals surface area contributed by atoms with Gasteiger partial charge in [-0.1, -0.05) is 0 Å². The van der Waals surface area contributed by atoms with Crippen molar-refractivity contribution in [3.05, 3.63) is 10.1 Å². The number of methoxy groups -OCH3 is 2. The van der Waals surface area contributed by atoms with Crippen LogP contribution in [-0.4, -0.2) is 31.0 Å². The molecule has 0 bridgehead atoms. The fourth-order valence-electron chi connectivity index (χ4n) is 0.662. The molecule has 0 rings (SSSR count). The van der Waals surface area contributed by atoms with Crippen molar-refractivity contribution in [2.24, 2.45) is 0 Å². The van der Waals surface area contributed by atoms with Crippen LogP contribution in [0.4, 0.5) is 0 Å². The van der Waals surface area contributed by atoms with Crippen molar-refractivity contribution in [1.82, 2.24) is 0 Å². The summed E-state index contributed by atoms with van der Waals surface area (Å²) < 4.78 is 9.43. The SMILES string of the molecule is COC(C)(OC)C(C#N)[N+](=O)[O-]. The molecule has 0 heterocycles. The summed E-state index contributed by atoms with van der Waals surface area (Å²) in [7, 11) is 2.49. The highest BCUT2D eigenvalue weighted by molar-refractivity contribution is 4.93. The predicted molar refractivity (Wildman–Crippen MR) is 38.8 cm³/mol. The van der Waals surface area contributed by atoms with Crippen LogP contribution >= 0.6 is 0 Å². The molecule has 6 heteroatoms. The molecule has 0 fully saturated rings. The van der Waals surface area contributed by atoms with E-state index in [4.69, 9.17) is 14.7 Å². The normalized spacial score (nSPS) is 13.5. The number of hydrogen-bond acceptors (Lipinski definition) is 5. The molecule has 0 aliphatic carbocycles. The third kappa shape index (κ3) is 1.90. The molecule has 0 radical (unpaired) electrons. The van der Waals surface area contributed by atoms with E-state index in [1.165, 1.54) is 27.2 Å². The Kier molecular flexibility index (Phi) is 3.60. The summed E-state index contributed by atoms with van der Waals surface area (Å²) in [5.74, 6) is -1.49. The first-order valence-electron chi connectivity index (χ1n) is 3.15. The van der Waals surface area contributed by atoms with E-state index >= 15 is 0 Å². The van der Waals surface area contributed by atoms with Crippen molar-refractivity contribution in [1.29, 1.82) is 5.26 Å². The van der Waals surface area contributed by atoms with Crippen molar-refractivity contribution >= 4 is 0 Å². The van der Waals surface area contributed by atoms with Crippen molar-refractivity contribution in [2.45, 2.75) is 18.8 Å². The lowest BCUT2D eigenvalue weighted by atomic mass is 10.1. The van der Waals surface area contributed by atoms with Gasteiger partial charge in [0.1, 0.15) is 6.07 Å². The van der Waals surface area contributed by atoms with Crippen LogP contribution in [0.1, 0.15) is 6.92 Å². The molecule has 0 amide bonds. The van der Waals surface area contributed by atoms with E-state index in [0.29, 0.717) is 0 Å². The van der Waals surface area contributed by atoms with Crippen LogP contribution in [0.5, 0.6) is 0 Å². The van der Waals surface area contributed by atoms with Gasteiger partial charge in [0, 0.05) is 19.1 Å². The zero-order valence-corrected chi connectivity index (χ0v) is 7.10. The lowest BCUT2D eigenvalue weighted by molar-refractivity contribution is -0.547. The number of nitrogens with zero attached hydrogens (tertiary/aromatic N) is 2. The average Bonchev–Trinajstić information content (AvgIpc) is 2.04. The molecule has 12 heavy (non-hydrogen) atoms. The molecule has 1 atom stereocenters. The zero-order valence-electron chi connectivity index (χ0n) is 7.10. The molecule has 0 aliphatic heterocycles. The van der Waals surface area contributed by atoms with Gasteiger partial charge in [-0.05, 0) is 6.92 Å².